The monoisotopic (exact) mass is 340 g/mol. The van der Waals surface area contributed by atoms with E-state index in [2.05, 4.69) is 28.1 Å². The molecule has 3 heteroatoms. The summed E-state index contributed by atoms with van der Waals surface area (Å²) in [7, 11) is 6.19. The Morgan fingerprint density at radius 3 is 1.92 bits per heavy atom. The Balaban J connectivity index is 2.77. The standard InChI is InChI=1S/C21H41NO2/c1-6-7-8-9-10-11-13-16-21(17-14-12-15-18-21)20(2,19(23)24)22(3,4)5/h6-18H2,1-5H3/p+1. The van der Waals surface area contributed by atoms with Crippen molar-refractivity contribution in [3.05, 3.63) is 0 Å². The Morgan fingerprint density at radius 1 is 0.958 bits per heavy atom. The zero-order chi connectivity index (χ0) is 18.3. The van der Waals surface area contributed by atoms with E-state index in [0.717, 1.165) is 19.3 Å². The molecule has 1 unspecified atom stereocenters. The summed E-state index contributed by atoms with van der Waals surface area (Å²) in [6, 6.07) is 0. The molecule has 0 heterocycles. The van der Waals surface area contributed by atoms with Gasteiger partial charge >= 0.3 is 5.97 Å². The van der Waals surface area contributed by atoms with E-state index >= 15 is 0 Å². The van der Waals surface area contributed by atoms with Gasteiger partial charge in [-0.25, -0.2) is 4.79 Å². The number of hydrogen-bond donors (Lipinski definition) is 1. The van der Waals surface area contributed by atoms with Gasteiger partial charge in [-0.1, -0.05) is 71.1 Å². The van der Waals surface area contributed by atoms with Crippen LogP contribution in [-0.4, -0.2) is 42.2 Å². The summed E-state index contributed by atoms with van der Waals surface area (Å²) in [6.45, 7) is 4.27. The number of likely N-dealkylation sites (N-methyl/N-ethyl adjacent to an activating group) is 1. The number of carboxylic acid groups (broad SMARTS) is 1. The Hall–Kier alpha value is -0.570. The summed E-state index contributed by atoms with van der Waals surface area (Å²) in [6.07, 6.45) is 16.0. The van der Waals surface area contributed by atoms with E-state index in [1.807, 2.05) is 6.92 Å². The SMILES string of the molecule is CCCCCCCCCC1(C(C)(C(=O)O)[N+](C)(C)C)CCCCC1. The van der Waals surface area contributed by atoms with Crippen LogP contribution in [0.4, 0.5) is 0 Å². The highest BCUT2D eigenvalue weighted by atomic mass is 16.4. The molecule has 0 saturated heterocycles. The lowest BCUT2D eigenvalue weighted by molar-refractivity contribution is -0.921. The predicted molar refractivity (Wildman–Crippen MR) is 102 cm³/mol. The third-order valence-electron chi connectivity index (χ3n) is 6.86. The van der Waals surface area contributed by atoms with Crippen LogP contribution in [0.15, 0.2) is 0 Å². The zero-order valence-corrected chi connectivity index (χ0v) is 17.0. The average Bonchev–Trinajstić information content (AvgIpc) is 2.52. The van der Waals surface area contributed by atoms with Crippen LogP contribution in [0.25, 0.3) is 0 Å². The second-order valence-corrected chi connectivity index (χ2v) is 9.10. The number of unbranched alkanes of at least 4 members (excludes halogenated alkanes) is 6. The first-order valence-electron chi connectivity index (χ1n) is 10.3. The van der Waals surface area contributed by atoms with Gasteiger partial charge in [0.1, 0.15) is 0 Å². The lowest BCUT2D eigenvalue weighted by atomic mass is 9.58. The smallest absolute Gasteiger partial charge is 0.366 e. The van der Waals surface area contributed by atoms with E-state index in [1.54, 1.807) is 0 Å². The fourth-order valence-corrected chi connectivity index (χ4v) is 4.85. The van der Waals surface area contributed by atoms with Crippen molar-refractivity contribution in [3.63, 3.8) is 0 Å². The van der Waals surface area contributed by atoms with Crippen LogP contribution >= 0.6 is 0 Å². The van der Waals surface area contributed by atoms with Gasteiger partial charge in [0.05, 0.1) is 21.1 Å². The summed E-state index contributed by atoms with van der Waals surface area (Å²) in [5, 5.41) is 10.2. The van der Waals surface area contributed by atoms with Gasteiger partial charge in [-0.3, -0.25) is 0 Å². The van der Waals surface area contributed by atoms with Gasteiger partial charge < -0.3 is 9.59 Å². The maximum atomic E-state index is 12.4. The van der Waals surface area contributed by atoms with Gasteiger partial charge in [-0.2, -0.15) is 0 Å². The van der Waals surface area contributed by atoms with Crippen LogP contribution in [0.2, 0.25) is 0 Å². The van der Waals surface area contributed by atoms with Crippen molar-refractivity contribution >= 4 is 5.97 Å². The molecule has 0 aliphatic heterocycles. The highest BCUT2D eigenvalue weighted by Crippen LogP contribution is 2.52. The van der Waals surface area contributed by atoms with Crippen molar-refractivity contribution in [2.75, 3.05) is 21.1 Å². The Bertz CT molecular complexity index is 380. The second kappa shape index (κ2) is 9.22. The molecule has 1 N–H and O–H groups in total. The summed E-state index contributed by atoms with van der Waals surface area (Å²) in [5.41, 5.74) is -0.742. The molecule has 0 spiro atoms. The molecule has 0 radical (unpaired) electrons. The molecule has 0 aromatic carbocycles. The number of carboxylic acids is 1. The van der Waals surface area contributed by atoms with Crippen LogP contribution in [0.3, 0.4) is 0 Å². The van der Waals surface area contributed by atoms with Crippen molar-refractivity contribution < 1.29 is 14.4 Å². The predicted octanol–water partition coefficient (Wildman–Crippen LogP) is 5.63. The van der Waals surface area contributed by atoms with Gasteiger partial charge in [0.2, 0.25) is 0 Å². The highest BCUT2D eigenvalue weighted by Gasteiger charge is 2.61. The molecule has 1 atom stereocenters. The van der Waals surface area contributed by atoms with E-state index in [0.29, 0.717) is 4.48 Å². The number of rotatable bonds is 11. The molecule has 0 bridgehead atoms. The summed E-state index contributed by atoms with van der Waals surface area (Å²) >= 11 is 0. The minimum absolute atomic E-state index is 0.0429. The molecule has 0 aromatic heterocycles. The minimum Gasteiger partial charge on any atom is -0.477 e. The van der Waals surface area contributed by atoms with Crippen LogP contribution < -0.4 is 0 Å². The molecule has 0 aromatic rings. The third kappa shape index (κ3) is 4.74. The van der Waals surface area contributed by atoms with Crippen molar-refractivity contribution in [1.82, 2.24) is 0 Å². The van der Waals surface area contributed by atoms with Crippen molar-refractivity contribution in [3.8, 4) is 0 Å². The second-order valence-electron chi connectivity index (χ2n) is 9.10. The Kier molecular flexibility index (Phi) is 8.25. The zero-order valence-electron chi connectivity index (χ0n) is 17.0. The van der Waals surface area contributed by atoms with Crippen LogP contribution in [0.1, 0.15) is 97.3 Å². The molecule has 24 heavy (non-hydrogen) atoms. The molecule has 1 saturated carbocycles. The van der Waals surface area contributed by atoms with E-state index in [1.165, 1.54) is 64.2 Å². The highest BCUT2D eigenvalue weighted by molar-refractivity contribution is 5.78. The largest absolute Gasteiger partial charge is 0.477 e. The van der Waals surface area contributed by atoms with Crippen LogP contribution in [0.5, 0.6) is 0 Å². The number of carbonyl (C=O) groups is 1. The maximum Gasteiger partial charge on any atom is 0.366 e. The average molecular weight is 341 g/mol. The number of quaternary nitrogens is 1. The molecule has 0 amide bonds. The van der Waals surface area contributed by atoms with Crippen LogP contribution in [0, 0.1) is 5.41 Å². The van der Waals surface area contributed by atoms with E-state index in [4.69, 9.17) is 0 Å². The van der Waals surface area contributed by atoms with Crippen molar-refractivity contribution in [1.29, 1.82) is 0 Å². The summed E-state index contributed by atoms with van der Waals surface area (Å²) in [4.78, 5) is 12.4. The lowest BCUT2D eigenvalue weighted by Crippen LogP contribution is -2.69. The van der Waals surface area contributed by atoms with Crippen molar-refractivity contribution in [2.45, 2.75) is 103 Å². The normalized spacial score (nSPS) is 20.5. The van der Waals surface area contributed by atoms with Gasteiger partial charge in [0.15, 0.2) is 5.54 Å². The number of aliphatic carboxylic acids is 1. The fraction of sp³-hybridized carbons (Fsp3) is 0.952. The fourth-order valence-electron chi connectivity index (χ4n) is 4.85. The molecule has 1 aliphatic rings. The number of nitrogens with zero attached hydrogens (tertiary/aromatic N) is 1. The summed E-state index contributed by atoms with van der Waals surface area (Å²) in [5.74, 6) is -0.611. The van der Waals surface area contributed by atoms with Crippen molar-refractivity contribution in [2.24, 2.45) is 5.41 Å². The first-order chi connectivity index (χ1) is 11.2. The number of hydrogen-bond acceptors (Lipinski definition) is 1. The third-order valence-corrected chi connectivity index (χ3v) is 6.86. The molecule has 1 fully saturated rings. The van der Waals surface area contributed by atoms with Gasteiger partial charge in [0.25, 0.3) is 0 Å². The first kappa shape index (κ1) is 21.5. The molecule has 1 aliphatic carbocycles. The molecule has 142 valence electrons. The maximum absolute atomic E-state index is 12.4. The lowest BCUT2D eigenvalue weighted by Gasteiger charge is -2.54. The first-order valence-corrected chi connectivity index (χ1v) is 10.3. The molecule has 1 rings (SSSR count). The minimum atomic E-state index is -0.699. The topological polar surface area (TPSA) is 37.3 Å². The quantitative estimate of drug-likeness (QED) is 0.391. The van der Waals surface area contributed by atoms with E-state index in [9.17, 15) is 9.90 Å². The molecular weight excluding hydrogens is 298 g/mol. The van der Waals surface area contributed by atoms with Crippen LogP contribution in [-0.2, 0) is 4.79 Å². The summed E-state index contributed by atoms with van der Waals surface area (Å²) < 4.78 is 0.513. The van der Waals surface area contributed by atoms with Gasteiger partial charge in [0, 0.05) is 12.3 Å². The Morgan fingerprint density at radius 2 is 1.46 bits per heavy atom. The molecule has 3 nitrogen and oxygen atoms in total. The van der Waals surface area contributed by atoms with Gasteiger partial charge in [-0.15, -0.1) is 0 Å². The Labute approximate surface area is 150 Å². The molecular formula is C21H42NO2+. The van der Waals surface area contributed by atoms with E-state index < -0.39 is 11.5 Å². The van der Waals surface area contributed by atoms with Gasteiger partial charge in [-0.05, 0) is 19.3 Å². The van der Waals surface area contributed by atoms with E-state index in [-0.39, 0.29) is 5.41 Å².